The Morgan fingerprint density at radius 1 is 1.19 bits per heavy atom. The zero-order chi connectivity index (χ0) is 18.4. The summed E-state index contributed by atoms with van der Waals surface area (Å²) in [4.78, 5) is 20.8. The fourth-order valence-electron chi connectivity index (χ4n) is 3.82. The zero-order valence-electron chi connectivity index (χ0n) is 14.9. The van der Waals surface area contributed by atoms with Gasteiger partial charge in [-0.3, -0.25) is 4.79 Å². The minimum Gasteiger partial charge on any atom is -0.393 e. The van der Waals surface area contributed by atoms with Crippen LogP contribution in [0.2, 0.25) is 0 Å². The molecule has 0 radical (unpaired) electrons. The minimum absolute atomic E-state index is 0.0800. The first-order valence-electron chi connectivity index (χ1n) is 9.37. The van der Waals surface area contributed by atoms with Gasteiger partial charge in [-0.15, -0.1) is 0 Å². The van der Waals surface area contributed by atoms with Crippen molar-refractivity contribution in [3.8, 4) is 0 Å². The fourth-order valence-corrected chi connectivity index (χ4v) is 4.92. The first kappa shape index (κ1) is 16.7. The second-order valence-electron chi connectivity index (χ2n) is 7.39. The fraction of sp³-hybridized carbons (Fsp3) is 0.333. The van der Waals surface area contributed by atoms with Crippen LogP contribution < -0.4 is 5.32 Å². The number of amides is 1. The number of benzene rings is 2. The molecule has 1 aromatic heterocycles. The predicted molar refractivity (Wildman–Crippen MR) is 107 cm³/mol. The minimum atomic E-state index is -0.174. The van der Waals surface area contributed by atoms with Gasteiger partial charge in [-0.2, -0.15) is 0 Å². The zero-order valence-corrected chi connectivity index (χ0v) is 15.7. The number of thiazole rings is 1. The number of hydrogen-bond acceptors (Lipinski definition) is 5. The lowest BCUT2D eigenvalue weighted by Crippen LogP contribution is -2.38. The van der Waals surface area contributed by atoms with Gasteiger partial charge < -0.3 is 15.3 Å². The quantitative estimate of drug-likeness (QED) is 0.732. The molecule has 0 atom stereocenters. The SMILES string of the molecule is O=C(c1ccc2ccccc2c1)N1CCc2nc(NC3CC(O)C3)sc2C1. The highest BCUT2D eigenvalue weighted by atomic mass is 32.1. The molecular weight excluding hydrogens is 358 g/mol. The molecular formula is C21H21N3O2S. The number of rotatable bonds is 3. The van der Waals surface area contributed by atoms with Crippen molar-refractivity contribution in [1.29, 1.82) is 0 Å². The molecule has 27 heavy (non-hydrogen) atoms. The van der Waals surface area contributed by atoms with Gasteiger partial charge >= 0.3 is 0 Å². The third kappa shape index (κ3) is 3.19. The Balaban J connectivity index is 1.32. The number of hydrogen-bond donors (Lipinski definition) is 2. The Morgan fingerprint density at radius 3 is 2.81 bits per heavy atom. The summed E-state index contributed by atoms with van der Waals surface area (Å²) in [6, 6.07) is 14.3. The highest BCUT2D eigenvalue weighted by Gasteiger charge is 2.29. The molecule has 2 aromatic carbocycles. The van der Waals surface area contributed by atoms with Crippen LogP contribution in [0, 0.1) is 0 Å². The van der Waals surface area contributed by atoms with Crippen molar-refractivity contribution in [2.75, 3.05) is 11.9 Å². The smallest absolute Gasteiger partial charge is 0.254 e. The van der Waals surface area contributed by atoms with Gasteiger partial charge in [0.1, 0.15) is 0 Å². The van der Waals surface area contributed by atoms with Crippen molar-refractivity contribution >= 4 is 33.1 Å². The van der Waals surface area contributed by atoms with Gasteiger partial charge in [0.25, 0.3) is 5.91 Å². The van der Waals surface area contributed by atoms with Crippen LogP contribution in [0.1, 0.15) is 33.8 Å². The second-order valence-corrected chi connectivity index (χ2v) is 8.48. The van der Waals surface area contributed by atoms with Crippen molar-refractivity contribution in [2.24, 2.45) is 0 Å². The lowest BCUT2D eigenvalue weighted by Gasteiger charge is -2.31. The average Bonchev–Trinajstić information content (AvgIpc) is 3.07. The number of nitrogens with one attached hydrogen (secondary N) is 1. The molecule has 2 heterocycles. The third-order valence-electron chi connectivity index (χ3n) is 5.46. The standard InChI is InChI=1S/C21H21N3O2S/c25-17-10-16(11-17)22-21-23-18-7-8-24(12-19(18)27-21)20(26)15-6-5-13-3-1-2-4-14(13)9-15/h1-6,9,16-17,25H,7-8,10-12H2,(H,22,23). The maximum Gasteiger partial charge on any atom is 0.254 e. The highest BCUT2D eigenvalue weighted by Crippen LogP contribution is 2.32. The number of anilines is 1. The van der Waals surface area contributed by atoms with E-state index in [2.05, 4.69) is 11.4 Å². The summed E-state index contributed by atoms with van der Waals surface area (Å²) in [5, 5.41) is 16.0. The molecule has 2 N–H and O–H groups in total. The molecule has 138 valence electrons. The Labute approximate surface area is 161 Å². The Bertz CT molecular complexity index is 1010. The van der Waals surface area contributed by atoms with Crippen molar-refractivity contribution in [1.82, 2.24) is 9.88 Å². The molecule has 1 aliphatic heterocycles. The molecule has 0 bridgehead atoms. The van der Waals surface area contributed by atoms with Gasteiger partial charge in [-0.25, -0.2) is 4.98 Å². The molecule has 1 aliphatic carbocycles. The van der Waals surface area contributed by atoms with Crippen molar-refractivity contribution in [2.45, 2.75) is 38.0 Å². The second kappa shape index (κ2) is 6.62. The number of aliphatic hydroxyl groups is 1. The number of aromatic nitrogens is 1. The number of nitrogens with zero attached hydrogens (tertiary/aromatic N) is 2. The Kier molecular flexibility index (Phi) is 4.10. The lowest BCUT2D eigenvalue weighted by molar-refractivity contribution is 0.0736. The van der Waals surface area contributed by atoms with Crippen LogP contribution in [0.25, 0.3) is 10.8 Å². The Morgan fingerprint density at radius 2 is 2.00 bits per heavy atom. The molecule has 0 saturated heterocycles. The van der Waals surface area contributed by atoms with Crippen LogP contribution in [0.4, 0.5) is 5.13 Å². The van der Waals surface area contributed by atoms with Crippen LogP contribution in [0.3, 0.4) is 0 Å². The van der Waals surface area contributed by atoms with Crippen LogP contribution in [0.15, 0.2) is 42.5 Å². The topological polar surface area (TPSA) is 65.5 Å². The molecule has 0 spiro atoms. The average molecular weight is 379 g/mol. The van der Waals surface area contributed by atoms with Crippen LogP contribution in [0.5, 0.6) is 0 Å². The number of aliphatic hydroxyl groups excluding tert-OH is 1. The number of carbonyl (C=O) groups excluding carboxylic acids is 1. The molecule has 6 heteroatoms. The monoisotopic (exact) mass is 379 g/mol. The van der Waals surface area contributed by atoms with E-state index in [1.54, 1.807) is 11.3 Å². The van der Waals surface area contributed by atoms with E-state index in [9.17, 15) is 9.90 Å². The van der Waals surface area contributed by atoms with Gasteiger partial charge in [-0.1, -0.05) is 41.7 Å². The predicted octanol–water partition coefficient (Wildman–Crippen LogP) is 3.43. The van der Waals surface area contributed by atoms with E-state index < -0.39 is 0 Å². The number of carbonyl (C=O) groups is 1. The molecule has 3 aromatic rings. The number of fused-ring (bicyclic) bond motifs is 2. The maximum absolute atomic E-state index is 13.0. The maximum atomic E-state index is 13.0. The lowest BCUT2D eigenvalue weighted by atomic mass is 9.90. The molecule has 2 aliphatic rings. The summed E-state index contributed by atoms with van der Waals surface area (Å²) in [7, 11) is 0. The van der Waals surface area contributed by atoms with E-state index >= 15 is 0 Å². The van der Waals surface area contributed by atoms with Gasteiger partial charge in [0.05, 0.1) is 18.3 Å². The van der Waals surface area contributed by atoms with Gasteiger partial charge in [-0.05, 0) is 35.7 Å². The summed E-state index contributed by atoms with van der Waals surface area (Å²) in [6.07, 6.45) is 2.19. The summed E-state index contributed by atoms with van der Waals surface area (Å²) >= 11 is 1.64. The first-order valence-corrected chi connectivity index (χ1v) is 10.2. The van der Waals surface area contributed by atoms with Crippen LogP contribution in [-0.4, -0.2) is 39.6 Å². The molecule has 5 rings (SSSR count). The molecule has 1 amide bonds. The van der Waals surface area contributed by atoms with Crippen LogP contribution in [-0.2, 0) is 13.0 Å². The van der Waals surface area contributed by atoms with Crippen molar-refractivity contribution in [3.05, 3.63) is 58.6 Å². The summed E-state index contributed by atoms with van der Waals surface area (Å²) in [6.45, 7) is 1.32. The first-order chi connectivity index (χ1) is 13.2. The highest BCUT2D eigenvalue weighted by molar-refractivity contribution is 7.15. The summed E-state index contributed by atoms with van der Waals surface area (Å²) in [5.41, 5.74) is 1.84. The molecule has 1 fully saturated rings. The van der Waals surface area contributed by atoms with E-state index in [0.29, 0.717) is 19.1 Å². The van der Waals surface area contributed by atoms with Gasteiger partial charge in [0.15, 0.2) is 5.13 Å². The van der Waals surface area contributed by atoms with E-state index in [4.69, 9.17) is 4.98 Å². The largest absolute Gasteiger partial charge is 0.393 e. The van der Waals surface area contributed by atoms with E-state index in [0.717, 1.165) is 51.3 Å². The van der Waals surface area contributed by atoms with E-state index in [-0.39, 0.29) is 12.0 Å². The normalized spacial score (nSPS) is 21.6. The van der Waals surface area contributed by atoms with Gasteiger partial charge in [0, 0.05) is 29.4 Å². The summed E-state index contributed by atoms with van der Waals surface area (Å²) < 4.78 is 0. The molecule has 0 unspecified atom stereocenters. The van der Waals surface area contributed by atoms with Crippen LogP contribution >= 0.6 is 11.3 Å². The van der Waals surface area contributed by atoms with E-state index in [1.165, 1.54) is 0 Å². The molecule has 5 nitrogen and oxygen atoms in total. The Hall–Kier alpha value is -2.44. The molecule has 1 saturated carbocycles. The third-order valence-corrected chi connectivity index (χ3v) is 6.47. The van der Waals surface area contributed by atoms with Gasteiger partial charge in [0.2, 0.25) is 0 Å². The van der Waals surface area contributed by atoms with Crippen molar-refractivity contribution < 1.29 is 9.90 Å². The van der Waals surface area contributed by atoms with Crippen molar-refractivity contribution in [3.63, 3.8) is 0 Å². The van der Waals surface area contributed by atoms with E-state index in [1.807, 2.05) is 41.3 Å². The summed E-state index contributed by atoms with van der Waals surface area (Å²) in [5.74, 6) is 0.0800.